The lowest BCUT2D eigenvalue weighted by Crippen LogP contribution is -2.11. The summed E-state index contributed by atoms with van der Waals surface area (Å²) in [6.45, 7) is 8.32. The lowest BCUT2D eigenvalue weighted by Gasteiger charge is -2.20. The van der Waals surface area contributed by atoms with Gasteiger partial charge in [-0.3, -0.25) is 4.79 Å². The molecule has 1 unspecified atom stereocenters. The van der Waals surface area contributed by atoms with Gasteiger partial charge >= 0.3 is 0 Å². The Morgan fingerprint density at radius 3 is 2.58 bits per heavy atom. The molecule has 1 aromatic rings. The summed E-state index contributed by atoms with van der Waals surface area (Å²) in [5.74, 6) is 1.39. The predicted octanol–water partition coefficient (Wildman–Crippen LogP) is 4.03. The Hall–Kier alpha value is -1.83. The molecule has 0 saturated heterocycles. The van der Waals surface area contributed by atoms with E-state index in [0.717, 1.165) is 17.7 Å². The molecule has 0 spiro atoms. The van der Waals surface area contributed by atoms with Gasteiger partial charge in [-0.15, -0.1) is 0 Å². The molecule has 1 aliphatic carbocycles. The first kappa shape index (κ1) is 13.6. The van der Waals surface area contributed by atoms with Gasteiger partial charge in [-0.1, -0.05) is 24.3 Å². The molecule has 0 fully saturated rings. The molecule has 0 amide bonds. The number of rotatable bonds is 4. The summed E-state index contributed by atoms with van der Waals surface area (Å²) in [5, 5.41) is 0. The average Bonchev–Trinajstić information content (AvgIpc) is 2.36. The van der Waals surface area contributed by atoms with Gasteiger partial charge in [-0.25, -0.2) is 0 Å². The number of hydrogen-bond acceptors (Lipinski definition) is 2. The van der Waals surface area contributed by atoms with E-state index in [1.807, 2.05) is 26.0 Å². The van der Waals surface area contributed by atoms with Crippen molar-refractivity contribution in [2.45, 2.75) is 32.6 Å². The minimum atomic E-state index is 0.233. The first-order chi connectivity index (χ1) is 9.04. The van der Waals surface area contributed by atoms with Crippen molar-refractivity contribution in [1.82, 2.24) is 0 Å². The fourth-order valence-electron chi connectivity index (χ4n) is 2.37. The van der Waals surface area contributed by atoms with E-state index in [4.69, 9.17) is 4.74 Å². The van der Waals surface area contributed by atoms with Crippen molar-refractivity contribution in [3.05, 3.63) is 53.6 Å². The largest absolute Gasteiger partial charge is 0.489 e. The molecule has 0 heterocycles. The Bertz CT molecular complexity index is 509. The third-order valence-corrected chi connectivity index (χ3v) is 3.26. The third-order valence-electron chi connectivity index (χ3n) is 3.26. The van der Waals surface area contributed by atoms with Gasteiger partial charge < -0.3 is 4.74 Å². The van der Waals surface area contributed by atoms with Crippen LogP contribution in [0.2, 0.25) is 0 Å². The Balaban J connectivity index is 2.04. The van der Waals surface area contributed by atoms with Gasteiger partial charge in [0.15, 0.2) is 5.78 Å². The smallest absolute Gasteiger partial charge is 0.156 e. The Morgan fingerprint density at radius 2 is 2.00 bits per heavy atom. The summed E-state index contributed by atoms with van der Waals surface area (Å²) in [6, 6.07) is 8.06. The Kier molecular flexibility index (Phi) is 4.20. The maximum atomic E-state index is 11.6. The Morgan fingerprint density at radius 1 is 1.32 bits per heavy atom. The van der Waals surface area contributed by atoms with E-state index in [2.05, 4.69) is 18.7 Å². The third kappa shape index (κ3) is 3.82. The van der Waals surface area contributed by atoms with Crippen molar-refractivity contribution in [3.8, 4) is 5.75 Å². The maximum absolute atomic E-state index is 11.6. The lowest BCUT2D eigenvalue weighted by atomic mass is 9.84. The molecule has 0 radical (unpaired) electrons. The van der Waals surface area contributed by atoms with E-state index < -0.39 is 0 Å². The standard InChI is InChI=1S/C17H20O2/c1-12(2)11-19-17-6-4-14(5-7-17)15-8-13(3)9-16(18)10-15/h4-7,9,15H,1,8,10-11H2,2-3H3. The van der Waals surface area contributed by atoms with Gasteiger partial charge in [-0.2, -0.15) is 0 Å². The van der Waals surface area contributed by atoms with Crippen molar-refractivity contribution in [3.63, 3.8) is 0 Å². The van der Waals surface area contributed by atoms with Crippen LogP contribution in [0.15, 0.2) is 48.1 Å². The quantitative estimate of drug-likeness (QED) is 0.760. The van der Waals surface area contributed by atoms with E-state index in [1.54, 1.807) is 6.08 Å². The molecule has 0 aliphatic heterocycles. The van der Waals surface area contributed by atoms with Gasteiger partial charge in [0, 0.05) is 6.42 Å². The van der Waals surface area contributed by atoms with Gasteiger partial charge in [0.25, 0.3) is 0 Å². The SMILES string of the molecule is C=C(C)COc1ccc(C2CC(=O)C=C(C)C2)cc1. The number of allylic oxidation sites excluding steroid dienone is 2. The Labute approximate surface area is 114 Å². The molecule has 1 atom stereocenters. The van der Waals surface area contributed by atoms with Crippen LogP contribution in [0.3, 0.4) is 0 Å². The van der Waals surface area contributed by atoms with Crippen LogP contribution in [0.25, 0.3) is 0 Å². The fourth-order valence-corrected chi connectivity index (χ4v) is 2.37. The fraction of sp³-hybridized carbons (Fsp3) is 0.353. The van der Waals surface area contributed by atoms with Crippen LogP contribution in [-0.4, -0.2) is 12.4 Å². The zero-order chi connectivity index (χ0) is 13.8. The monoisotopic (exact) mass is 256 g/mol. The molecule has 0 N–H and O–H groups in total. The first-order valence-electron chi connectivity index (χ1n) is 6.62. The first-order valence-corrected chi connectivity index (χ1v) is 6.62. The molecule has 2 heteroatoms. The van der Waals surface area contributed by atoms with Crippen molar-refractivity contribution in [2.24, 2.45) is 0 Å². The van der Waals surface area contributed by atoms with E-state index in [1.165, 1.54) is 11.1 Å². The highest BCUT2D eigenvalue weighted by atomic mass is 16.5. The molecule has 1 aliphatic rings. The van der Waals surface area contributed by atoms with Crippen LogP contribution >= 0.6 is 0 Å². The van der Waals surface area contributed by atoms with Gasteiger partial charge in [0.05, 0.1) is 0 Å². The molecule has 100 valence electrons. The zero-order valence-electron chi connectivity index (χ0n) is 11.6. The highest BCUT2D eigenvalue weighted by Crippen LogP contribution is 2.31. The summed E-state index contributed by atoms with van der Waals surface area (Å²) in [5.41, 5.74) is 3.38. The van der Waals surface area contributed by atoms with Crippen LogP contribution in [0, 0.1) is 0 Å². The molecule has 0 bridgehead atoms. The summed E-state index contributed by atoms with van der Waals surface area (Å²) >= 11 is 0. The average molecular weight is 256 g/mol. The molecular formula is C17H20O2. The summed E-state index contributed by atoms with van der Waals surface area (Å²) in [4.78, 5) is 11.6. The lowest BCUT2D eigenvalue weighted by molar-refractivity contribution is -0.115. The number of carbonyl (C=O) groups excluding carboxylic acids is 1. The van der Waals surface area contributed by atoms with E-state index in [9.17, 15) is 4.79 Å². The van der Waals surface area contributed by atoms with Crippen molar-refractivity contribution in [1.29, 1.82) is 0 Å². The van der Waals surface area contributed by atoms with Crippen LogP contribution in [-0.2, 0) is 4.79 Å². The topological polar surface area (TPSA) is 26.3 Å². The van der Waals surface area contributed by atoms with E-state index >= 15 is 0 Å². The molecule has 1 aromatic carbocycles. The van der Waals surface area contributed by atoms with Gasteiger partial charge in [-0.05, 0) is 55.5 Å². The summed E-state index contributed by atoms with van der Waals surface area (Å²) in [6.07, 6.45) is 3.35. The molecule has 0 saturated carbocycles. The second kappa shape index (κ2) is 5.87. The highest BCUT2D eigenvalue weighted by Gasteiger charge is 2.20. The van der Waals surface area contributed by atoms with Crippen molar-refractivity contribution in [2.75, 3.05) is 6.61 Å². The molecule has 2 nitrogen and oxygen atoms in total. The normalized spacial score (nSPS) is 18.9. The van der Waals surface area contributed by atoms with Crippen LogP contribution < -0.4 is 4.74 Å². The van der Waals surface area contributed by atoms with Crippen molar-refractivity contribution < 1.29 is 9.53 Å². The maximum Gasteiger partial charge on any atom is 0.156 e. The highest BCUT2D eigenvalue weighted by molar-refractivity contribution is 5.91. The van der Waals surface area contributed by atoms with Crippen LogP contribution in [0.5, 0.6) is 5.75 Å². The summed E-state index contributed by atoms with van der Waals surface area (Å²) < 4.78 is 5.57. The second-order valence-electron chi connectivity index (χ2n) is 5.38. The molecule has 19 heavy (non-hydrogen) atoms. The minimum absolute atomic E-state index is 0.233. The molecular weight excluding hydrogens is 236 g/mol. The number of hydrogen-bond donors (Lipinski definition) is 0. The van der Waals surface area contributed by atoms with Crippen LogP contribution in [0.1, 0.15) is 38.2 Å². The number of ketones is 1. The predicted molar refractivity (Wildman–Crippen MR) is 77.5 cm³/mol. The van der Waals surface area contributed by atoms with E-state index in [0.29, 0.717) is 18.9 Å². The van der Waals surface area contributed by atoms with Crippen LogP contribution in [0.4, 0.5) is 0 Å². The molecule has 0 aromatic heterocycles. The zero-order valence-corrected chi connectivity index (χ0v) is 11.6. The second-order valence-corrected chi connectivity index (χ2v) is 5.38. The van der Waals surface area contributed by atoms with Gasteiger partial charge in [0.2, 0.25) is 0 Å². The number of ether oxygens (including phenoxy) is 1. The number of carbonyl (C=O) groups is 1. The summed E-state index contributed by atoms with van der Waals surface area (Å²) in [7, 11) is 0. The van der Waals surface area contributed by atoms with E-state index in [-0.39, 0.29) is 5.78 Å². The van der Waals surface area contributed by atoms with Gasteiger partial charge in [0.1, 0.15) is 12.4 Å². The minimum Gasteiger partial charge on any atom is -0.489 e. The van der Waals surface area contributed by atoms with Crippen molar-refractivity contribution >= 4 is 5.78 Å². The molecule has 2 rings (SSSR count). The number of benzene rings is 1.